The summed E-state index contributed by atoms with van der Waals surface area (Å²) in [6.45, 7) is 5.47. The fourth-order valence-electron chi connectivity index (χ4n) is 1.95. The summed E-state index contributed by atoms with van der Waals surface area (Å²) in [5, 5.41) is 13.5. The summed E-state index contributed by atoms with van der Waals surface area (Å²) in [4.78, 5) is 0. The highest BCUT2D eigenvalue weighted by molar-refractivity contribution is 9.10. The van der Waals surface area contributed by atoms with Crippen LogP contribution in [0.5, 0.6) is 11.5 Å². The first-order chi connectivity index (χ1) is 9.58. The Morgan fingerprint density at radius 1 is 1.20 bits per heavy atom. The van der Waals surface area contributed by atoms with Crippen LogP contribution in [0.4, 0.5) is 0 Å². The third-order valence-corrected chi connectivity index (χ3v) is 3.55. The van der Waals surface area contributed by atoms with Crippen molar-refractivity contribution in [2.75, 3.05) is 33.9 Å². The Morgan fingerprint density at radius 2 is 1.90 bits per heavy atom. The van der Waals surface area contributed by atoms with E-state index >= 15 is 0 Å². The van der Waals surface area contributed by atoms with Gasteiger partial charge in [-0.05, 0) is 35.0 Å². The standard InChI is InChI=1S/C14H23BrN2O3/c1-10(18)8-16-4-5-17-9-11-6-12(15)14(20-3)13(7-11)19-2/h6-7,10,16-18H,4-5,8-9H2,1-3H3/p+2/t10-/m1/s1. The van der Waals surface area contributed by atoms with Gasteiger partial charge in [0.2, 0.25) is 0 Å². The van der Waals surface area contributed by atoms with E-state index in [0.717, 1.165) is 42.2 Å². The lowest BCUT2D eigenvalue weighted by Gasteiger charge is -2.11. The van der Waals surface area contributed by atoms with Gasteiger partial charge in [-0.3, -0.25) is 0 Å². The van der Waals surface area contributed by atoms with Gasteiger partial charge >= 0.3 is 0 Å². The van der Waals surface area contributed by atoms with E-state index in [-0.39, 0.29) is 6.10 Å². The molecule has 0 aliphatic carbocycles. The first kappa shape index (κ1) is 17.2. The minimum absolute atomic E-state index is 0.239. The van der Waals surface area contributed by atoms with Crippen molar-refractivity contribution in [3.8, 4) is 11.5 Å². The summed E-state index contributed by atoms with van der Waals surface area (Å²) in [5.41, 5.74) is 1.19. The summed E-state index contributed by atoms with van der Waals surface area (Å²) in [7, 11) is 3.27. The Kier molecular flexibility index (Phi) is 7.91. The Balaban J connectivity index is 2.42. The second-order valence-electron chi connectivity index (χ2n) is 4.76. The van der Waals surface area contributed by atoms with Gasteiger partial charge in [-0.15, -0.1) is 0 Å². The molecule has 1 rings (SSSR count). The van der Waals surface area contributed by atoms with Gasteiger partial charge in [-0.25, -0.2) is 0 Å². The highest BCUT2D eigenvalue weighted by atomic mass is 79.9. The largest absolute Gasteiger partial charge is 0.493 e. The molecule has 0 unspecified atom stereocenters. The lowest BCUT2D eigenvalue weighted by Crippen LogP contribution is -2.95. The zero-order chi connectivity index (χ0) is 15.0. The van der Waals surface area contributed by atoms with E-state index < -0.39 is 0 Å². The third-order valence-electron chi connectivity index (χ3n) is 2.96. The van der Waals surface area contributed by atoms with Crippen molar-refractivity contribution in [3.05, 3.63) is 22.2 Å². The molecule has 1 aromatic carbocycles. The molecule has 0 fully saturated rings. The Hall–Kier alpha value is -0.820. The summed E-state index contributed by atoms with van der Waals surface area (Å²) in [5.74, 6) is 1.47. The van der Waals surface area contributed by atoms with E-state index in [1.54, 1.807) is 21.1 Å². The molecule has 5 N–H and O–H groups in total. The van der Waals surface area contributed by atoms with E-state index in [9.17, 15) is 0 Å². The number of nitrogens with two attached hydrogens (primary N) is 2. The van der Waals surface area contributed by atoms with Crippen LogP contribution in [0.25, 0.3) is 0 Å². The van der Waals surface area contributed by atoms with E-state index in [1.165, 1.54) is 5.56 Å². The van der Waals surface area contributed by atoms with Gasteiger partial charge in [-0.2, -0.15) is 0 Å². The highest BCUT2D eigenvalue weighted by Gasteiger charge is 2.11. The molecule has 0 amide bonds. The minimum atomic E-state index is -0.239. The van der Waals surface area contributed by atoms with E-state index in [4.69, 9.17) is 14.6 Å². The molecule has 6 heteroatoms. The molecule has 1 aromatic rings. The maximum absolute atomic E-state index is 9.15. The van der Waals surface area contributed by atoms with Crippen molar-refractivity contribution in [2.45, 2.75) is 19.6 Å². The molecule has 0 saturated carbocycles. The van der Waals surface area contributed by atoms with Crippen molar-refractivity contribution >= 4 is 15.9 Å². The first-order valence-electron chi connectivity index (χ1n) is 6.80. The fraction of sp³-hybridized carbons (Fsp3) is 0.571. The normalized spacial score (nSPS) is 12.2. The predicted octanol–water partition coefficient (Wildman–Crippen LogP) is -0.526. The number of hydrogen-bond acceptors (Lipinski definition) is 3. The molecule has 0 spiro atoms. The number of quaternary nitrogens is 2. The van der Waals surface area contributed by atoms with Crippen LogP contribution in [-0.4, -0.2) is 45.1 Å². The molecule has 0 aromatic heterocycles. The van der Waals surface area contributed by atoms with E-state index in [0.29, 0.717) is 0 Å². The highest BCUT2D eigenvalue weighted by Crippen LogP contribution is 2.35. The van der Waals surface area contributed by atoms with Gasteiger partial charge in [-0.1, -0.05) is 0 Å². The first-order valence-corrected chi connectivity index (χ1v) is 7.59. The van der Waals surface area contributed by atoms with Gasteiger partial charge in [0.25, 0.3) is 0 Å². The van der Waals surface area contributed by atoms with Crippen LogP contribution in [0, 0.1) is 0 Å². The number of benzene rings is 1. The van der Waals surface area contributed by atoms with Crippen LogP contribution >= 0.6 is 15.9 Å². The smallest absolute Gasteiger partial charge is 0.174 e. The zero-order valence-electron chi connectivity index (χ0n) is 12.4. The minimum Gasteiger partial charge on any atom is -0.493 e. The predicted molar refractivity (Wildman–Crippen MR) is 81.1 cm³/mol. The number of hydrogen-bond donors (Lipinski definition) is 3. The van der Waals surface area contributed by atoms with Gasteiger partial charge in [0.15, 0.2) is 11.5 Å². The summed E-state index contributed by atoms with van der Waals surface area (Å²) >= 11 is 3.50. The summed E-state index contributed by atoms with van der Waals surface area (Å²) < 4.78 is 11.5. The number of rotatable bonds is 9. The maximum atomic E-state index is 9.15. The van der Waals surface area contributed by atoms with E-state index in [1.807, 2.05) is 6.07 Å². The number of halogens is 1. The van der Waals surface area contributed by atoms with Crippen molar-refractivity contribution < 1.29 is 25.2 Å². The molecule has 0 aliphatic heterocycles. The molecule has 20 heavy (non-hydrogen) atoms. The molecule has 1 atom stereocenters. The van der Waals surface area contributed by atoms with Crippen molar-refractivity contribution in [1.29, 1.82) is 0 Å². The number of aliphatic hydroxyl groups excluding tert-OH is 1. The van der Waals surface area contributed by atoms with Crippen molar-refractivity contribution in [1.82, 2.24) is 0 Å². The van der Waals surface area contributed by atoms with Gasteiger partial charge < -0.3 is 25.2 Å². The average Bonchev–Trinajstić information content (AvgIpc) is 2.41. The Morgan fingerprint density at radius 3 is 2.50 bits per heavy atom. The second-order valence-corrected chi connectivity index (χ2v) is 5.61. The van der Waals surface area contributed by atoms with Crippen molar-refractivity contribution in [2.24, 2.45) is 0 Å². The molecule has 5 nitrogen and oxygen atoms in total. The summed E-state index contributed by atoms with van der Waals surface area (Å²) in [6.07, 6.45) is -0.239. The molecular formula is C14H25BrN2O3+2. The SMILES string of the molecule is COc1cc(C[NH2+]CC[NH2+]C[C@@H](C)O)cc(Br)c1OC. The molecule has 0 radical (unpaired) electrons. The van der Waals surface area contributed by atoms with Gasteiger partial charge in [0, 0.05) is 5.56 Å². The summed E-state index contributed by atoms with van der Waals surface area (Å²) in [6, 6.07) is 4.05. The molecule has 0 aliphatic rings. The van der Waals surface area contributed by atoms with Crippen LogP contribution in [0.2, 0.25) is 0 Å². The average molecular weight is 349 g/mol. The number of methoxy groups -OCH3 is 2. The fourth-order valence-corrected chi connectivity index (χ4v) is 2.60. The zero-order valence-corrected chi connectivity index (χ0v) is 13.9. The van der Waals surface area contributed by atoms with Gasteiger partial charge in [0.1, 0.15) is 26.2 Å². The lowest BCUT2D eigenvalue weighted by molar-refractivity contribution is -0.733. The molecule has 0 bridgehead atoms. The monoisotopic (exact) mass is 348 g/mol. The van der Waals surface area contributed by atoms with Gasteiger partial charge in [0.05, 0.1) is 24.8 Å². The number of aliphatic hydroxyl groups is 1. The number of ether oxygens (including phenoxy) is 2. The Bertz CT molecular complexity index is 414. The quantitative estimate of drug-likeness (QED) is 0.525. The lowest BCUT2D eigenvalue weighted by atomic mass is 10.2. The maximum Gasteiger partial charge on any atom is 0.174 e. The van der Waals surface area contributed by atoms with Crippen LogP contribution in [0.1, 0.15) is 12.5 Å². The topological polar surface area (TPSA) is 71.9 Å². The molecule has 0 heterocycles. The molecule has 114 valence electrons. The van der Waals surface area contributed by atoms with Crippen LogP contribution in [-0.2, 0) is 6.54 Å². The molecule has 0 saturated heterocycles. The molecular weight excluding hydrogens is 324 g/mol. The van der Waals surface area contributed by atoms with Crippen molar-refractivity contribution in [3.63, 3.8) is 0 Å². The third kappa shape index (κ3) is 5.66. The van der Waals surface area contributed by atoms with Crippen LogP contribution in [0.15, 0.2) is 16.6 Å². The van der Waals surface area contributed by atoms with Crippen LogP contribution < -0.4 is 20.1 Å². The Labute approximate surface area is 128 Å². The second kappa shape index (κ2) is 9.18. The van der Waals surface area contributed by atoms with Crippen LogP contribution in [0.3, 0.4) is 0 Å². The van der Waals surface area contributed by atoms with E-state index in [2.05, 4.69) is 32.6 Å².